The average molecular weight is 578 g/mol. The third-order valence-corrected chi connectivity index (χ3v) is 6.98. The van der Waals surface area contributed by atoms with E-state index in [4.69, 9.17) is 4.74 Å². The smallest absolute Gasteiger partial charge is 0.408 e. The molecule has 2 rings (SSSR count). The number of benzene rings is 2. The van der Waals surface area contributed by atoms with Crippen molar-refractivity contribution in [1.29, 1.82) is 0 Å². The van der Waals surface area contributed by atoms with E-state index in [1.807, 2.05) is 61.5 Å². The monoisotopic (exact) mass is 577 g/mol. The second-order valence-electron chi connectivity index (χ2n) is 12.4. The number of carbonyl (C=O) groups excluding carboxylic acids is 3. The molecule has 3 amide bonds. The summed E-state index contributed by atoms with van der Waals surface area (Å²) in [6.07, 6.45) is 4.65. The van der Waals surface area contributed by atoms with Crippen LogP contribution in [0, 0.1) is 5.92 Å². The van der Waals surface area contributed by atoms with Crippen LogP contribution in [0.5, 0.6) is 0 Å². The van der Waals surface area contributed by atoms with Crippen molar-refractivity contribution in [3.63, 3.8) is 0 Å². The van der Waals surface area contributed by atoms with E-state index < -0.39 is 23.8 Å². The van der Waals surface area contributed by atoms with Crippen molar-refractivity contribution in [1.82, 2.24) is 15.5 Å². The minimum absolute atomic E-state index is 0.245. The van der Waals surface area contributed by atoms with E-state index in [0.717, 1.165) is 30.4 Å². The van der Waals surface area contributed by atoms with E-state index in [-0.39, 0.29) is 24.3 Å². The quantitative estimate of drug-likeness (QED) is 0.222. The molecule has 0 radical (unpaired) electrons. The van der Waals surface area contributed by atoms with Crippen LogP contribution >= 0.6 is 0 Å². The lowest BCUT2D eigenvalue weighted by molar-refractivity contribution is -0.145. The molecule has 3 unspecified atom stereocenters. The van der Waals surface area contributed by atoms with Gasteiger partial charge >= 0.3 is 6.09 Å². The van der Waals surface area contributed by atoms with Crippen LogP contribution in [0.4, 0.5) is 4.79 Å². The van der Waals surface area contributed by atoms with Crippen molar-refractivity contribution >= 4 is 24.0 Å². The van der Waals surface area contributed by atoms with E-state index in [1.54, 1.807) is 31.7 Å². The molecule has 42 heavy (non-hydrogen) atoms. The second kappa shape index (κ2) is 16.7. The highest BCUT2D eigenvalue weighted by Crippen LogP contribution is 2.29. The fourth-order valence-corrected chi connectivity index (χ4v) is 4.77. The number of carbonyl (C=O) groups is 3. The van der Waals surface area contributed by atoms with Gasteiger partial charge in [0.05, 0.1) is 0 Å². The number of alkyl carbamates (subject to hydrolysis) is 1. The van der Waals surface area contributed by atoms with Crippen LogP contribution in [0.3, 0.4) is 0 Å². The fourth-order valence-electron chi connectivity index (χ4n) is 4.77. The summed E-state index contributed by atoms with van der Waals surface area (Å²) in [5.41, 5.74) is 1.71. The number of unbranched alkanes of at least 4 members (excludes halogenated alkanes) is 1. The Morgan fingerprint density at radius 3 is 2.29 bits per heavy atom. The second-order valence-corrected chi connectivity index (χ2v) is 12.4. The summed E-state index contributed by atoms with van der Waals surface area (Å²) in [6.45, 7) is 18.1. The molecule has 0 aromatic heterocycles. The van der Waals surface area contributed by atoms with E-state index in [2.05, 4.69) is 38.0 Å². The summed E-state index contributed by atoms with van der Waals surface area (Å²) in [4.78, 5) is 43.3. The molecule has 2 aromatic rings. The highest BCUT2D eigenvalue weighted by molar-refractivity contribution is 5.92. The van der Waals surface area contributed by atoms with Crippen LogP contribution < -0.4 is 10.6 Å². The van der Waals surface area contributed by atoms with Crippen molar-refractivity contribution in [2.45, 2.75) is 104 Å². The Morgan fingerprint density at radius 2 is 1.69 bits per heavy atom. The summed E-state index contributed by atoms with van der Waals surface area (Å²) in [6, 6.07) is 15.0. The van der Waals surface area contributed by atoms with Gasteiger partial charge in [0.1, 0.15) is 17.7 Å². The normalized spacial score (nSPS) is 13.5. The molecule has 0 saturated carbocycles. The van der Waals surface area contributed by atoms with Gasteiger partial charge in [-0.3, -0.25) is 9.59 Å². The molecule has 0 aliphatic rings. The van der Waals surface area contributed by atoms with Crippen molar-refractivity contribution in [3.05, 3.63) is 77.9 Å². The van der Waals surface area contributed by atoms with E-state index >= 15 is 0 Å². The lowest BCUT2D eigenvalue weighted by Crippen LogP contribution is -2.56. The summed E-state index contributed by atoms with van der Waals surface area (Å²) in [5.74, 6) is -0.156. The maximum atomic E-state index is 14.7. The Morgan fingerprint density at radius 1 is 1.00 bits per heavy atom. The predicted octanol–water partition coefficient (Wildman–Crippen LogP) is 7.08. The third-order valence-electron chi connectivity index (χ3n) is 6.98. The molecule has 0 aliphatic carbocycles. The molecule has 0 heterocycles. The standard InChI is InChI=1S/C35H51N3O4/c1-9-11-22-36-32(39)31(29-19-15-18-27(10-2)23-29)38(26(5)21-20-25(3)4)33(40)30(24-28-16-13-12-14-17-28)37-34(41)42-35(6,7)8/h10,12-19,23,25-26,30-31H,2,9,11,20-22,24H2,1,3-8H3,(H,36,39)(H,37,41). The van der Waals surface area contributed by atoms with Gasteiger partial charge in [-0.1, -0.05) is 88.4 Å². The predicted molar refractivity (Wildman–Crippen MR) is 171 cm³/mol. The van der Waals surface area contributed by atoms with Crippen LogP contribution in [0.25, 0.3) is 6.08 Å². The fraction of sp³-hybridized carbons (Fsp3) is 0.514. The molecule has 230 valence electrons. The Balaban J connectivity index is 2.64. The molecule has 0 fully saturated rings. The van der Waals surface area contributed by atoms with Gasteiger partial charge in [-0.25, -0.2) is 4.79 Å². The number of hydrogen-bond donors (Lipinski definition) is 2. The minimum Gasteiger partial charge on any atom is -0.444 e. The summed E-state index contributed by atoms with van der Waals surface area (Å²) < 4.78 is 5.55. The van der Waals surface area contributed by atoms with E-state index in [1.165, 1.54) is 0 Å². The molecule has 0 saturated heterocycles. The van der Waals surface area contributed by atoms with Gasteiger partial charge in [0.25, 0.3) is 0 Å². The number of ether oxygens (including phenoxy) is 1. The van der Waals surface area contributed by atoms with Crippen LogP contribution in [-0.2, 0) is 20.7 Å². The summed E-state index contributed by atoms with van der Waals surface area (Å²) in [7, 11) is 0. The Labute approximate surface area is 253 Å². The molecule has 7 nitrogen and oxygen atoms in total. The van der Waals surface area contributed by atoms with Gasteiger partial charge in [0.15, 0.2) is 0 Å². The molecule has 2 N–H and O–H groups in total. The Kier molecular flexibility index (Phi) is 13.8. The lowest BCUT2D eigenvalue weighted by atomic mass is 9.95. The van der Waals surface area contributed by atoms with Crippen molar-refractivity contribution in [3.8, 4) is 0 Å². The number of nitrogens with one attached hydrogen (secondary N) is 2. The number of hydrogen-bond acceptors (Lipinski definition) is 4. The van der Waals surface area contributed by atoms with Gasteiger partial charge in [-0.05, 0) is 75.6 Å². The van der Waals surface area contributed by atoms with Crippen LogP contribution in [-0.4, -0.2) is 47.0 Å². The first kappa shape index (κ1) is 34.6. The van der Waals surface area contributed by atoms with Gasteiger partial charge in [0.2, 0.25) is 11.8 Å². The molecule has 7 heteroatoms. The Bertz CT molecular complexity index is 1160. The molecule has 3 atom stereocenters. The van der Waals surface area contributed by atoms with Gasteiger partial charge in [-0.2, -0.15) is 0 Å². The molecule has 0 spiro atoms. The van der Waals surface area contributed by atoms with Gasteiger partial charge < -0.3 is 20.3 Å². The molecule has 0 bridgehead atoms. The molecule has 0 aliphatic heterocycles. The van der Waals surface area contributed by atoms with E-state index in [9.17, 15) is 14.4 Å². The molecular formula is C35H51N3O4. The van der Waals surface area contributed by atoms with Gasteiger partial charge in [0, 0.05) is 19.0 Å². The Hall–Kier alpha value is -3.61. The van der Waals surface area contributed by atoms with Crippen molar-refractivity contribution < 1.29 is 19.1 Å². The zero-order valence-electron chi connectivity index (χ0n) is 26.6. The topological polar surface area (TPSA) is 87.7 Å². The van der Waals surface area contributed by atoms with Crippen molar-refractivity contribution in [2.24, 2.45) is 5.92 Å². The maximum absolute atomic E-state index is 14.7. The maximum Gasteiger partial charge on any atom is 0.408 e. The number of amides is 3. The summed E-state index contributed by atoms with van der Waals surface area (Å²) >= 11 is 0. The number of rotatable bonds is 15. The lowest BCUT2D eigenvalue weighted by Gasteiger charge is -2.39. The minimum atomic E-state index is -0.947. The highest BCUT2D eigenvalue weighted by atomic mass is 16.6. The van der Waals surface area contributed by atoms with Crippen LogP contribution in [0.15, 0.2) is 61.2 Å². The molecular weight excluding hydrogens is 526 g/mol. The summed E-state index contributed by atoms with van der Waals surface area (Å²) in [5, 5.41) is 5.91. The van der Waals surface area contributed by atoms with Gasteiger partial charge in [-0.15, -0.1) is 0 Å². The van der Waals surface area contributed by atoms with Crippen LogP contribution in [0.1, 0.15) is 96.9 Å². The van der Waals surface area contributed by atoms with Crippen molar-refractivity contribution in [2.75, 3.05) is 6.54 Å². The zero-order valence-corrected chi connectivity index (χ0v) is 26.6. The number of nitrogens with zero attached hydrogens (tertiary/aromatic N) is 1. The first-order chi connectivity index (χ1) is 19.9. The first-order valence-electron chi connectivity index (χ1n) is 15.2. The highest BCUT2D eigenvalue weighted by Gasteiger charge is 2.39. The SMILES string of the molecule is C=Cc1cccc(C(C(=O)NCCCC)N(C(=O)C(Cc2ccccc2)NC(=O)OC(C)(C)C)C(C)CCC(C)C)c1. The van der Waals surface area contributed by atoms with E-state index in [0.29, 0.717) is 24.4 Å². The largest absolute Gasteiger partial charge is 0.444 e. The molecule has 2 aromatic carbocycles. The van der Waals surface area contributed by atoms with Crippen LogP contribution in [0.2, 0.25) is 0 Å². The third kappa shape index (κ3) is 11.3. The first-order valence-corrected chi connectivity index (χ1v) is 15.2. The average Bonchev–Trinajstić information content (AvgIpc) is 2.93. The zero-order chi connectivity index (χ0) is 31.3.